The Labute approximate surface area is 111 Å². The van der Waals surface area contributed by atoms with Crippen molar-refractivity contribution in [3.05, 3.63) is 20.3 Å². The maximum atomic E-state index is 3.87. The molecule has 0 heterocycles. The summed E-state index contributed by atoms with van der Waals surface area (Å²) in [6.07, 6.45) is 21.3. The molecule has 0 fully saturated rings. The molecular weight excluding hydrogens is 204 g/mol. The first-order valence-electron chi connectivity index (χ1n) is 7.82. The average molecular weight is 237 g/mol. The molecule has 0 aromatic rings. The molecule has 17 heavy (non-hydrogen) atoms. The first-order chi connectivity index (χ1) is 8.41. The molecule has 0 rings (SSSR count). The van der Waals surface area contributed by atoms with Gasteiger partial charge in [0.2, 0.25) is 0 Å². The maximum Gasteiger partial charge on any atom is -0.0386 e. The molecule has 0 spiro atoms. The lowest BCUT2D eigenvalue weighted by molar-refractivity contribution is 0.550. The lowest BCUT2D eigenvalue weighted by Gasteiger charge is -2.02. The predicted octanol–water partition coefficient (Wildman–Crippen LogP) is 6.32. The van der Waals surface area contributed by atoms with Crippen molar-refractivity contribution in [2.75, 3.05) is 0 Å². The van der Waals surface area contributed by atoms with Gasteiger partial charge in [-0.05, 0) is 6.42 Å². The molecule has 0 atom stereocenters. The molecule has 0 unspecified atom stereocenters. The van der Waals surface area contributed by atoms with Crippen LogP contribution in [0.1, 0.15) is 89.9 Å². The highest BCUT2D eigenvalue weighted by Gasteiger charge is 1.93. The summed E-state index contributed by atoms with van der Waals surface area (Å²) in [5, 5.41) is 0. The van der Waals surface area contributed by atoms with E-state index < -0.39 is 0 Å². The first kappa shape index (κ1) is 17.0. The fourth-order valence-electron chi connectivity index (χ4n) is 2.17. The van der Waals surface area contributed by atoms with Crippen LogP contribution in [0.2, 0.25) is 0 Å². The number of hydrogen-bond donors (Lipinski definition) is 0. The molecule has 0 aliphatic heterocycles. The van der Waals surface area contributed by atoms with Gasteiger partial charge in [-0.1, -0.05) is 104 Å². The van der Waals surface area contributed by atoms with E-state index in [9.17, 15) is 0 Å². The standard InChI is InChI=1S/C17H33/c1-3-5-7-9-11-13-15-17-16-14-12-10-8-6-4-2/h7H,1-6,8-17H2. The van der Waals surface area contributed by atoms with Crippen LogP contribution in [0.25, 0.3) is 0 Å². The van der Waals surface area contributed by atoms with Crippen molar-refractivity contribution in [2.45, 2.75) is 89.9 Å². The Kier molecular flexibility index (Phi) is 16.0. The number of unbranched alkanes of at least 4 members (excludes halogenated alkanes) is 14. The summed E-state index contributed by atoms with van der Waals surface area (Å²) in [6.45, 7) is 7.72. The second-order valence-corrected chi connectivity index (χ2v) is 5.11. The van der Waals surface area contributed by atoms with E-state index in [1.165, 1.54) is 77.0 Å². The molecule has 0 N–H and O–H groups in total. The summed E-state index contributed by atoms with van der Waals surface area (Å²) in [5.41, 5.74) is 0. The van der Waals surface area contributed by atoms with Gasteiger partial charge in [-0.3, -0.25) is 0 Å². The SMILES string of the molecule is [CH2]CC[CH]CCCCCCCCCCCC[CH2]. The topological polar surface area (TPSA) is 0 Å². The van der Waals surface area contributed by atoms with Gasteiger partial charge >= 0.3 is 0 Å². The zero-order chi connectivity index (χ0) is 12.6. The summed E-state index contributed by atoms with van der Waals surface area (Å²) in [5.74, 6) is 0. The quantitative estimate of drug-likeness (QED) is 0.310. The van der Waals surface area contributed by atoms with Gasteiger partial charge in [0.25, 0.3) is 0 Å². The highest BCUT2D eigenvalue weighted by Crippen LogP contribution is 2.12. The highest BCUT2D eigenvalue weighted by atomic mass is 14.0. The van der Waals surface area contributed by atoms with Crippen molar-refractivity contribution >= 4 is 0 Å². The smallest absolute Gasteiger partial charge is 0.0386 e. The second-order valence-electron chi connectivity index (χ2n) is 5.11. The molecule has 0 nitrogen and oxygen atoms in total. The van der Waals surface area contributed by atoms with Gasteiger partial charge in [-0.2, -0.15) is 0 Å². The molecule has 0 saturated heterocycles. The van der Waals surface area contributed by atoms with Gasteiger partial charge in [-0.15, -0.1) is 0 Å². The minimum Gasteiger partial charge on any atom is -0.0533 e. The van der Waals surface area contributed by atoms with E-state index in [0.717, 1.165) is 12.8 Å². The van der Waals surface area contributed by atoms with Crippen LogP contribution in [-0.4, -0.2) is 0 Å². The molecule has 101 valence electrons. The largest absolute Gasteiger partial charge is 0.0533 e. The maximum absolute atomic E-state index is 3.87. The van der Waals surface area contributed by atoms with Crippen LogP contribution in [0.5, 0.6) is 0 Å². The van der Waals surface area contributed by atoms with Crippen LogP contribution in [0.4, 0.5) is 0 Å². The van der Waals surface area contributed by atoms with Crippen molar-refractivity contribution in [3.63, 3.8) is 0 Å². The third-order valence-electron chi connectivity index (χ3n) is 3.32. The van der Waals surface area contributed by atoms with Gasteiger partial charge in [0.15, 0.2) is 0 Å². The van der Waals surface area contributed by atoms with E-state index in [4.69, 9.17) is 0 Å². The summed E-state index contributed by atoms with van der Waals surface area (Å²) < 4.78 is 0. The molecule has 0 aromatic carbocycles. The zero-order valence-corrected chi connectivity index (χ0v) is 11.9. The van der Waals surface area contributed by atoms with Gasteiger partial charge in [0.1, 0.15) is 0 Å². The number of rotatable bonds is 14. The lowest BCUT2D eigenvalue weighted by atomic mass is 10.0. The van der Waals surface area contributed by atoms with Crippen molar-refractivity contribution in [2.24, 2.45) is 0 Å². The molecule has 3 radical (unpaired) electrons. The van der Waals surface area contributed by atoms with Crippen molar-refractivity contribution in [1.82, 2.24) is 0 Å². The predicted molar refractivity (Wildman–Crippen MR) is 79.7 cm³/mol. The van der Waals surface area contributed by atoms with Gasteiger partial charge in [-0.25, -0.2) is 0 Å². The Bertz CT molecular complexity index is 103. The Morgan fingerprint density at radius 2 is 0.941 bits per heavy atom. The Balaban J connectivity index is 2.85. The lowest BCUT2D eigenvalue weighted by Crippen LogP contribution is -1.83. The summed E-state index contributed by atoms with van der Waals surface area (Å²) in [6, 6.07) is 0. The fourth-order valence-corrected chi connectivity index (χ4v) is 2.17. The van der Waals surface area contributed by atoms with E-state index in [1.807, 2.05) is 0 Å². The zero-order valence-electron chi connectivity index (χ0n) is 11.9. The van der Waals surface area contributed by atoms with Crippen LogP contribution in [0.15, 0.2) is 0 Å². The Hall–Kier alpha value is 0. The van der Waals surface area contributed by atoms with Crippen LogP contribution in [0, 0.1) is 20.3 Å². The Morgan fingerprint density at radius 3 is 1.41 bits per heavy atom. The fraction of sp³-hybridized carbons (Fsp3) is 0.824. The van der Waals surface area contributed by atoms with Crippen LogP contribution < -0.4 is 0 Å². The average Bonchev–Trinajstić information content (AvgIpc) is 2.35. The summed E-state index contributed by atoms with van der Waals surface area (Å²) >= 11 is 0. The second kappa shape index (κ2) is 16.0. The summed E-state index contributed by atoms with van der Waals surface area (Å²) in [7, 11) is 0. The molecule has 0 heteroatoms. The van der Waals surface area contributed by atoms with E-state index in [1.54, 1.807) is 0 Å². The number of hydrogen-bond acceptors (Lipinski definition) is 0. The molecule has 0 aliphatic rings. The van der Waals surface area contributed by atoms with Crippen molar-refractivity contribution in [3.8, 4) is 0 Å². The molecule has 0 aromatic heterocycles. The van der Waals surface area contributed by atoms with Gasteiger partial charge < -0.3 is 0 Å². The minimum atomic E-state index is 1.06. The Morgan fingerprint density at radius 1 is 0.471 bits per heavy atom. The third-order valence-corrected chi connectivity index (χ3v) is 3.32. The normalized spacial score (nSPS) is 10.9. The third kappa shape index (κ3) is 16.0. The van der Waals surface area contributed by atoms with E-state index in [0.29, 0.717) is 0 Å². The first-order valence-corrected chi connectivity index (χ1v) is 7.82. The molecule has 0 aliphatic carbocycles. The van der Waals surface area contributed by atoms with Gasteiger partial charge in [0.05, 0.1) is 0 Å². The van der Waals surface area contributed by atoms with Crippen LogP contribution >= 0.6 is 0 Å². The van der Waals surface area contributed by atoms with E-state index in [2.05, 4.69) is 20.3 Å². The van der Waals surface area contributed by atoms with Crippen molar-refractivity contribution < 1.29 is 0 Å². The van der Waals surface area contributed by atoms with Crippen molar-refractivity contribution in [1.29, 1.82) is 0 Å². The van der Waals surface area contributed by atoms with E-state index in [-0.39, 0.29) is 0 Å². The minimum absolute atomic E-state index is 1.06. The highest BCUT2D eigenvalue weighted by molar-refractivity contribution is 4.64. The molecule has 0 saturated carbocycles. The van der Waals surface area contributed by atoms with Crippen LogP contribution in [0.3, 0.4) is 0 Å². The van der Waals surface area contributed by atoms with E-state index >= 15 is 0 Å². The molecular formula is C17H33. The molecule has 0 amide bonds. The monoisotopic (exact) mass is 237 g/mol. The summed E-state index contributed by atoms with van der Waals surface area (Å²) in [4.78, 5) is 0. The van der Waals surface area contributed by atoms with Crippen LogP contribution in [-0.2, 0) is 0 Å². The van der Waals surface area contributed by atoms with Gasteiger partial charge in [0, 0.05) is 0 Å². The molecule has 0 bridgehead atoms.